The molecule has 0 aromatic heterocycles. The predicted molar refractivity (Wildman–Crippen MR) is 93.4 cm³/mol. The number of rotatable bonds is 5. The van der Waals surface area contributed by atoms with Crippen LogP contribution in [0.25, 0.3) is 0 Å². The van der Waals surface area contributed by atoms with Crippen molar-refractivity contribution in [3.63, 3.8) is 0 Å². The van der Waals surface area contributed by atoms with Crippen LogP contribution in [0, 0.1) is 0 Å². The summed E-state index contributed by atoms with van der Waals surface area (Å²) in [5.74, 6) is -1.26. The molecule has 0 aliphatic carbocycles. The molecular formula is C14H15Cl3N2O5S. The standard InChI is InChI=1S/C14H15Cl3N2O5S/c1-2-24-13(20)7-11-14(21)18-3-4-19(11)25(22,23)12-6-9(16)8(15)5-10(12)17/h5-6,11H,2-4,7H2,1H3,(H,18,21)/t11-/m0/s1. The molecule has 0 unspecified atom stereocenters. The number of halogens is 3. The Balaban J connectivity index is 2.42. The molecule has 7 nitrogen and oxygen atoms in total. The van der Waals surface area contributed by atoms with Crippen LogP contribution in [-0.2, 0) is 24.3 Å². The predicted octanol–water partition coefficient (Wildman–Crippen LogP) is 2.09. The van der Waals surface area contributed by atoms with Gasteiger partial charge in [0.1, 0.15) is 10.9 Å². The van der Waals surface area contributed by atoms with E-state index in [0.29, 0.717) is 0 Å². The topological polar surface area (TPSA) is 92.8 Å². The van der Waals surface area contributed by atoms with Gasteiger partial charge in [0.05, 0.1) is 28.1 Å². The molecule has 0 spiro atoms. The van der Waals surface area contributed by atoms with Crippen LogP contribution in [0.15, 0.2) is 17.0 Å². The zero-order valence-corrected chi connectivity index (χ0v) is 16.2. The van der Waals surface area contributed by atoms with Crippen molar-refractivity contribution in [2.24, 2.45) is 0 Å². The minimum absolute atomic E-state index is 0.00745. The van der Waals surface area contributed by atoms with Gasteiger partial charge >= 0.3 is 5.97 Å². The van der Waals surface area contributed by atoms with Gasteiger partial charge in [-0.1, -0.05) is 34.8 Å². The number of nitrogens with one attached hydrogen (secondary N) is 1. The Hall–Kier alpha value is -1.06. The van der Waals surface area contributed by atoms with Crippen molar-refractivity contribution in [1.29, 1.82) is 0 Å². The molecular weight excluding hydrogens is 415 g/mol. The molecule has 138 valence electrons. The number of hydrogen-bond acceptors (Lipinski definition) is 5. The van der Waals surface area contributed by atoms with E-state index in [2.05, 4.69) is 5.32 Å². The third kappa shape index (κ3) is 4.38. The van der Waals surface area contributed by atoms with E-state index in [1.807, 2.05) is 0 Å². The summed E-state index contributed by atoms with van der Waals surface area (Å²) in [6, 6.07) is 1.10. The lowest BCUT2D eigenvalue weighted by Gasteiger charge is -2.33. The molecule has 1 saturated heterocycles. The number of carbonyl (C=O) groups excluding carboxylic acids is 2. The molecule has 0 radical (unpaired) electrons. The first kappa shape index (κ1) is 20.3. The molecule has 1 amide bonds. The largest absolute Gasteiger partial charge is 0.466 e. The maximum Gasteiger partial charge on any atom is 0.307 e. The summed E-state index contributed by atoms with van der Waals surface area (Å²) in [7, 11) is -4.18. The van der Waals surface area contributed by atoms with E-state index in [9.17, 15) is 18.0 Å². The van der Waals surface area contributed by atoms with Crippen LogP contribution in [0.4, 0.5) is 0 Å². The molecule has 1 aromatic rings. The molecule has 1 heterocycles. The molecule has 25 heavy (non-hydrogen) atoms. The van der Waals surface area contributed by atoms with Gasteiger partial charge < -0.3 is 10.1 Å². The Morgan fingerprint density at radius 3 is 2.56 bits per heavy atom. The highest BCUT2D eigenvalue weighted by molar-refractivity contribution is 7.89. The zero-order chi connectivity index (χ0) is 18.8. The summed E-state index contributed by atoms with van der Waals surface area (Å²) >= 11 is 17.7. The van der Waals surface area contributed by atoms with Crippen molar-refractivity contribution in [1.82, 2.24) is 9.62 Å². The maximum atomic E-state index is 13.0. The van der Waals surface area contributed by atoms with Crippen molar-refractivity contribution in [2.45, 2.75) is 24.3 Å². The second-order valence-electron chi connectivity index (χ2n) is 5.13. The maximum absolute atomic E-state index is 13.0. The Morgan fingerprint density at radius 1 is 1.28 bits per heavy atom. The lowest BCUT2D eigenvalue weighted by molar-refractivity contribution is -0.146. The Labute approximate surface area is 160 Å². The zero-order valence-electron chi connectivity index (χ0n) is 13.1. The third-order valence-electron chi connectivity index (χ3n) is 3.51. The van der Waals surface area contributed by atoms with Gasteiger partial charge in [-0.3, -0.25) is 9.59 Å². The number of amides is 1. The van der Waals surface area contributed by atoms with Crippen LogP contribution in [0.1, 0.15) is 13.3 Å². The fraction of sp³-hybridized carbons (Fsp3) is 0.429. The van der Waals surface area contributed by atoms with Crippen LogP contribution >= 0.6 is 34.8 Å². The van der Waals surface area contributed by atoms with E-state index in [1.54, 1.807) is 6.92 Å². The van der Waals surface area contributed by atoms with Gasteiger partial charge in [0.2, 0.25) is 15.9 Å². The normalized spacial score (nSPS) is 18.7. The summed E-state index contributed by atoms with van der Waals surface area (Å²) < 4.78 is 31.7. The van der Waals surface area contributed by atoms with Crippen molar-refractivity contribution >= 4 is 56.7 Å². The molecule has 1 N–H and O–H groups in total. The van der Waals surface area contributed by atoms with Gasteiger partial charge in [0.15, 0.2) is 0 Å². The first-order valence-electron chi connectivity index (χ1n) is 7.28. The van der Waals surface area contributed by atoms with Gasteiger partial charge in [0, 0.05) is 13.1 Å². The van der Waals surface area contributed by atoms with Crippen molar-refractivity contribution in [2.75, 3.05) is 19.7 Å². The number of piperazine rings is 1. The second kappa shape index (κ2) is 8.09. The average molecular weight is 430 g/mol. The van der Waals surface area contributed by atoms with Crippen LogP contribution in [-0.4, -0.2) is 50.3 Å². The fourth-order valence-electron chi connectivity index (χ4n) is 2.38. The smallest absolute Gasteiger partial charge is 0.307 e. The summed E-state index contributed by atoms with van der Waals surface area (Å²) in [6.07, 6.45) is -0.405. The van der Waals surface area contributed by atoms with Crippen molar-refractivity contribution in [3.05, 3.63) is 27.2 Å². The average Bonchev–Trinajstić information content (AvgIpc) is 2.52. The lowest BCUT2D eigenvalue weighted by Crippen LogP contribution is -2.57. The van der Waals surface area contributed by atoms with E-state index in [4.69, 9.17) is 39.5 Å². The fourth-order valence-corrected chi connectivity index (χ4v) is 4.95. The SMILES string of the molecule is CCOC(=O)C[C@H]1C(=O)NCCN1S(=O)(=O)c1cc(Cl)c(Cl)cc1Cl. The number of hydrogen-bond donors (Lipinski definition) is 1. The first-order valence-corrected chi connectivity index (χ1v) is 9.85. The van der Waals surface area contributed by atoms with Crippen LogP contribution in [0.5, 0.6) is 0 Å². The number of carbonyl (C=O) groups is 2. The number of benzene rings is 1. The van der Waals surface area contributed by atoms with E-state index < -0.39 is 34.4 Å². The summed E-state index contributed by atoms with van der Waals surface area (Å²) in [6.45, 7) is 1.83. The van der Waals surface area contributed by atoms with Crippen LogP contribution in [0.3, 0.4) is 0 Å². The van der Waals surface area contributed by atoms with Gasteiger partial charge in [-0.25, -0.2) is 8.42 Å². The summed E-state index contributed by atoms with van der Waals surface area (Å²) in [5, 5.41) is 2.52. The molecule has 1 fully saturated rings. The highest BCUT2D eigenvalue weighted by atomic mass is 35.5. The molecule has 11 heteroatoms. The van der Waals surface area contributed by atoms with Gasteiger partial charge in [-0.2, -0.15) is 4.31 Å². The number of ether oxygens (including phenoxy) is 1. The van der Waals surface area contributed by atoms with Gasteiger partial charge in [-0.15, -0.1) is 0 Å². The number of nitrogens with zero attached hydrogens (tertiary/aromatic N) is 1. The Morgan fingerprint density at radius 2 is 1.92 bits per heavy atom. The monoisotopic (exact) mass is 428 g/mol. The first-order chi connectivity index (χ1) is 11.7. The summed E-state index contributed by atoms with van der Waals surface area (Å²) in [5.41, 5.74) is 0. The summed E-state index contributed by atoms with van der Waals surface area (Å²) in [4.78, 5) is 23.6. The van der Waals surface area contributed by atoms with Crippen LogP contribution in [0.2, 0.25) is 15.1 Å². The Kier molecular flexibility index (Phi) is 6.56. The molecule has 1 aliphatic rings. The number of esters is 1. The molecule has 0 bridgehead atoms. The molecule has 0 saturated carbocycles. The molecule has 2 rings (SSSR count). The minimum Gasteiger partial charge on any atom is -0.466 e. The molecule has 1 atom stereocenters. The van der Waals surface area contributed by atoms with E-state index in [0.717, 1.165) is 10.4 Å². The highest BCUT2D eigenvalue weighted by Crippen LogP contribution is 2.34. The highest BCUT2D eigenvalue weighted by Gasteiger charge is 2.40. The van der Waals surface area contributed by atoms with Gasteiger partial charge in [0.25, 0.3) is 0 Å². The molecule has 1 aromatic carbocycles. The van der Waals surface area contributed by atoms with Crippen molar-refractivity contribution < 1.29 is 22.7 Å². The van der Waals surface area contributed by atoms with Crippen molar-refractivity contribution in [3.8, 4) is 0 Å². The Bertz CT molecular complexity index is 800. The third-order valence-corrected chi connectivity index (χ3v) is 6.60. The van der Waals surface area contributed by atoms with E-state index >= 15 is 0 Å². The lowest BCUT2D eigenvalue weighted by atomic mass is 10.1. The quantitative estimate of drug-likeness (QED) is 0.571. The van der Waals surface area contributed by atoms with Crippen LogP contribution < -0.4 is 5.32 Å². The minimum atomic E-state index is -4.18. The second-order valence-corrected chi connectivity index (χ2v) is 8.21. The van der Waals surface area contributed by atoms with Gasteiger partial charge in [-0.05, 0) is 19.1 Å². The van der Waals surface area contributed by atoms with E-state index in [-0.39, 0.29) is 39.7 Å². The van der Waals surface area contributed by atoms with E-state index in [1.165, 1.54) is 6.07 Å². The molecule has 1 aliphatic heterocycles. The number of sulfonamides is 1.